The number of anilines is 1. The van der Waals surface area contributed by atoms with Crippen molar-refractivity contribution in [1.29, 1.82) is 5.26 Å². The quantitative estimate of drug-likeness (QED) is 0.170. The van der Waals surface area contributed by atoms with E-state index in [1.54, 1.807) is 0 Å². The number of amides is 1. The summed E-state index contributed by atoms with van der Waals surface area (Å²) in [5.74, 6) is -4.64. The fourth-order valence-electron chi connectivity index (χ4n) is 3.35. The number of hydrogen-bond acceptors (Lipinski definition) is 4. The highest BCUT2D eigenvalue weighted by Crippen LogP contribution is 2.39. The molecule has 13 heteroatoms. The Morgan fingerprint density at radius 3 is 2.05 bits per heavy atom. The predicted octanol–water partition coefficient (Wildman–Crippen LogP) is 7.71. The van der Waals surface area contributed by atoms with Crippen molar-refractivity contribution in [1.82, 2.24) is 0 Å². The minimum Gasteiger partial charge on any atom is -0.380 e. The molecule has 0 bridgehead atoms. The molecule has 0 saturated heterocycles. The van der Waals surface area contributed by atoms with Crippen molar-refractivity contribution in [3.63, 3.8) is 0 Å². The van der Waals surface area contributed by atoms with E-state index in [-0.39, 0.29) is 24.3 Å². The molecule has 1 aromatic rings. The fraction of sp³-hybridized carbons (Fsp3) is 0.667. The number of hydrogen-bond donors (Lipinski definition) is 2. The van der Waals surface area contributed by atoms with E-state index in [4.69, 9.17) is 5.26 Å². The Balaban J connectivity index is 2.24. The number of carbonyl (C=O) groups is 1. The van der Waals surface area contributed by atoms with Gasteiger partial charge in [-0.25, -0.2) is 0 Å². The molecule has 1 rings (SSSR count). The average molecular weight is 563 g/mol. The molecule has 210 valence electrons. The van der Waals surface area contributed by atoms with Crippen LogP contribution in [-0.4, -0.2) is 40.2 Å². The van der Waals surface area contributed by atoms with Crippen LogP contribution in [0.2, 0.25) is 0 Å². The fourth-order valence-corrected chi connectivity index (χ4v) is 4.31. The number of rotatable bonds is 15. The second kappa shape index (κ2) is 14.2. The van der Waals surface area contributed by atoms with Crippen LogP contribution >= 0.6 is 11.8 Å². The van der Waals surface area contributed by atoms with Crippen molar-refractivity contribution >= 4 is 23.4 Å². The Labute approximate surface area is 214 Å². The van der Waals surface area contributed by atoms with E-state index < -0.39 is 47.3 Å². The van der Waals surface area contributed by atoms with Gasteiger partial charge in [0.05, 0.1) is 17.2 Å². The maximum absolute atomic E-state index is 13.1. The first-order chi connectivity index (χ1) is 17.0. The van der Waals surface area contributed by atoms with Gasteiger partial charge in [0.2, 0.25) is 0 Å². The van der Waals surface area contributed by atoms with E-state index in [1.165, 1.54) is 24.8 Å². The monoisotopic (exact) mass is 562 g/mol. The van der Waals surface area contributed by atoms with Gasteiger partial charge < -0.3 is 10.4 Å². The van der Waals surface area contributed by atoms with Gasteiger partial charge in [-0.1, -0.05) is 32.1 Å². The summed E-state index contributed by atoms with van der Waals surface area (Å²) in [6.45, 7) is 1.26. The third-order valence-corrected chi connectivity index (χ3v) is 6.74. The van der Waals surface area contributed by atoms with Crippen molar-refractivity contribution in [3.05, 3.63) is 29.3 Å². The Kier molecular flexibility index (Phi) is 12.6. The Hall–Kier alpha value is -2.07. The third-order valence-electron chi connectivity index (χ3n) is 5.59. The molecule has 0 fully saturated rings. The van der Waals surface area contributed by atoms with Gasteiger partial charge >= 0.3 is 18.3 Å². The molecule has 0 spiro atoms. The number of benzene rings is 1. The van der Waals surface area contributed by atoms with E-state index in [9.17, 15) is 45.0 Å². The maximum Gasteiger partial charge on any atom is 0.453 e. The summed E-state index contributed by atoms with van der Waals surface area (Å²) in [6.07, 6.45) is -7.21. The highest BCUT2D eigenvalue weighted by molar-refractivity contribution is 7.99. The van der Waals surface area contributed by atoms with Crippen LogP contribution in [-0.2, 0) is 11.0 Å². The predicted molar refractivity (Wildman–Crippen MR) is 125 cm³/mol. The summed E-state index contributed by atoms with van der Waals surface area (Å²) in [6, 6.07) is 4.18. The first kappa shape index (κ1) is 33.0. The second-order valence-electron chi connectivity index (χ2n) is 8.89. The number of thioether (sulfide) groups is 1. The highest BCUT2D eigenvalue weighted by Gasteiger charge is 2.56. The molecular weight excluding hydrogens is 532 g/mol. The third kappa shape index (κ3) is 11.5. The van der Waals surface area contributed by atoms with Gasteiger partial charge in [-0.15, -0.1) is 0 Å². The molecule has 37 heavy (non-hydrogen) atoms. The lowest BCUT2D eigenvalue weighted by molar-refractivity contribution is -0.284. The summed E-state index contributed by atoms with van der Waals surface area (Å²) in [7, 11) is 0. The van der Waals surface area contributed by atoms with E-state index in [0.717, 1.165) is 37.8 Å². The lowest BCUT2D eigenvalue weighted by atomic mass is 9.96. The normalized spacial score (nSPS) is 14.2. The van der Waals surface area contributed by atoms with E-state index in [2.05, 4.69) is 5.32 Å². The van der Waals surface area contributed by atoms with Crippen LogP contribution in [0.3, 0.4) is 0 Å². The Bertz CT molecular complexity index is 911. The molecule has 2 N–H and O–H groups in total. The van der Waals surface area contributed by atoms with E-state index in [0.29, 0.717) is 24.7 Å². The van der Waals surface area contributed by atoms with Crippen LogP contribution in [0.15, 0.2) is 18.2 Å². The van der Waals surface area contributed by atoms with Gasteiger partial charge in [-0.3, -0.25) is 4.79 Å². The zero-order valence-electron chi connectivity index (χ0n) is 20.2. The topological polar surface area (TPSA) is 73.1 Å². The standard InChI is InChI=1S/C24H30F8N2O2S/c1-21(36,20(35)34-18-10-9-17(16-33)19(15-18)23(27,28)29)11-6-4-2-3-5-7-13-37-14-8-12-22(25,26)24(30,31)32/h9-10,15,36H,2-8,11-14H2,1H3,(H,34,35)/t21-/m0/s1. The number of nitrogens with zero attached hydrogens (tertiary/aromatic N) is 1. The van der Waals surface area contributed by atoms with Crippen molar-refractivity contribution in [2.45, 2.75) is 88.6 Å². The molecule has 1 aromatic carbocycles. The van der Waals surface area contributed by atoms with Crippen LogP contribution in [0.1, 0.15) is 75.8 Å². The molecule has 0 unspecified atom stereocenters. The average Bonchev–Trinajstić information content (AvgIpc) is 2.78. The van der Waals surface area contributed by atoms with Gasteiger partial charge in [0.15, 0.2) is 0 Å². The number of aliphatic hydroxyl groups is 1. The number of halogens is 8. The first-order valence-corrected chi connectivity index (χ1v) is 12.8. The van der Waals surface area contributed by atoms with Gasteiger partial charge in [0.25, 0.3) is 5.91 Å². The molecule has 0 radical (unpaired) electrons. The highest BCUT2D eigenvalue weighted by atomic mass is 32.2. The maximum atomic E-state index is 13.1. The molecule has 1 amide bonds. The number of carbonyl (C=O) groups excluding carboxylic acids is 1. The van der Waals surface area contributed by atoms with Gasteiger partial charge in [0.1, 0.15) is 5.60 Å². The number of unbranched alkanes of at least 4 members (excludes halogenated alkanes) is 5. The lowest BCUT2D eigenvalue weighted by Gasteiger charge is -2.22. The van der Waals surface area contributed by atoms with E-state index in [1.807, 2.05) is 0 Å². The number of nitriles is 1. The molecule has 0 aliphatic heterocycles. The largest absolute Gasteiger partial charge is 0.453 e. The minimum atomic E-state index is -5.51. The van der Waals surface area contributed by atoms with Gasteiger partial charge in [-0.05, 0) is 55.9 Å². The van der Waals surface area contributed by atoms with Gasteiger partial charge in [0, 0.05) is 12.1 Å². The van der Waals surface area contributed by atoms with Crippen molar-refractivity contribution in [2.24, 2.45) is 0 Å². The van der Waals surface area contributed by atoms with Crippen LogP contribution in [0.5, 0.6) is 0 Å². The van der Waals surface area contributed by atoms with Gasteiger partial charge in [-0.2, -0.15) is 52.1 Å². The van der Waals surface area contributed by atoms with Crippen molar-refractivity contribution in [2.75, 3.05) is 16.8 Å². The molecule has 0 heterocycles. The van der Waals surface area contributed by atoms with Crippen LogP contribution < -0.4 is 5.32 Å². The molecule has 0 aromatic heterocycles. The number of alkyl halides is 8. The SMILES string of the molecule is C[C@](O)(CCCCCCCCSCCCC(F)(F)C(F)(F)F)C(=O)Nc1ccc(C#N)c(C(F)(F)F)c1. The lowest BCUT2D eigenvalue weighted by Crippen LogP contribution is -2.40. The summed E-state index contributed by atoms with van der Waals surface area (Å²) >= 11 is 1.33. The zero-order chi connectivity index (χ0) is 28.3. The second-order valence-corrected chi connectivity index (χ2v) is 10.1. The van der Waals surface area contributed by atoms with Crippen LogP contribution in [0.4, 0.5) is 40.8 Å². The van der Waals surface area contributed by atoms with Crippen molar-refractivity contribution < 1.29 is 45.0 Å². The van der Waals surface area contributed by atoms with Crippen LogP contribution in [0, 0.1) is 11.3 Å². The smallest absolute Gasteiger partial charge is 0.380 e. The van der Waals surface area contributed by atoms with E-state index >= 15 is 0 Å². The molecule has 4 nitrogen and oxygen atoms in total. The van der Waals surface area contributed by atoms with Crippen LogP contribution in [0.25, 0.3) is 0 Å². The zero-order valence-corrected chi connectivity index (χ0v) is 21.1. The van der Waals surface area contributed by atoms with Crippen molar-refractivity contribution in [3.8, 4) is 6.07 Å². The molecule has 0 aliphatic carbocycles. The summed E-state index contributed by atoms with van der Waals surface area (Å²) in [5.41, 5.74) is -3.77. The first-order valence-electron chi connectivity index (χ1n) is 11.7. The number of nitrogens with one attached hydrogen (secondary N) is 1. The summed E-state index contributed by atoms with van der Waals surface area (Å²) < 4.78 is 101. The Morgan fingerprint density at radius 1 is 0.919 bits per heavy atom. The minimum absolute atomic E-state index is 0.0830. The molecule has 0 aliphatic rings. The summed E-state index contributed by atoms with van der Waals surface area (Å²) in [5, 5.41) is 21.5. The molecule has 0 saturated carbocycles. The summed E-state index contributed by atoms with van der Waals surface area (Å²) in [4.78, 5) is 12.4. The molecule has 1 atom stereocenters. The molecular formula is C24H30F8N2O2S. The Morgan fingerprint density at radius 2 is 1.49 bits per heavy atom.